The third kappa shape index (κ3) is 2.11. The van der Waals surface area contributed by atoms with Gasteiger partial charge < -0.3 is 9.15 Å². The molecule has 4 heteroatoms. The van der Waals surface area contributed by atoms with E-state index >= 15 is 0 Å². The molecule has 1 aromatic carbocycles. The number of nitrogens with one attached hydrogen (secondary N) is 1. The Hall–Kier alpha value is -1.97. The van der Waals surface area contributed by atoms with Crippen molar-refractivity contribution in [1.82, 2.24) is 4.98 Å². The van der Waals surface area contributed by atoms with E-state index in [1.807, 2.05) is 38.1 Å². The second-order valence-corrected chi connectivity index (χ2v) is 4.11. The standard InChI is InChI=1S/C13H15NO3/c1-8(2)12-11(14-13(15)17-12)9-6-4-5-7-10(9)16-3/h4-8H,1-3H3,(H,14,15). The van der Waals surface area contributed by atoms with Crippen LogP contribution in [0.3, 0.4) is 0 Å². The van der Waals surface area contributed by atoms with E-state index < -0.39 is 5.76 Å². The molecular weight excluding hydrogens is 218 g/mol. The zero-order chi connectivity index (χ0) is 12.4. The molecule has 0 bridgehead atoms. The fourth-order valence-corrected chi connectivity index (χ4v) is 1.80. The number of para-hydroxylation sites is 1. The molecule has 0 amide bonds. The van der Waals surface area contributed by atoms with Crippen molar-refractivity contribution in [2.24, 2.45) is 0 Å². The number of benzene rings is 1. The lowest BCUT2D eigenvalue weighted by molar-refractivity contribution is 0.416. The zero-order valence-corrected chi connectivity index (χ0v) is 10.1. The molecule has 0 saturated heterocycles. The number of ether oxygens (including phenoxy) is 1. The minimum absolute atomic E-state index is 0.133. The SMILES string of the molecule is COc1ccccc1-c1[nH]c(=O)oc1C(C)C. The van der Waals surface area contributed by atoms with Crippen LogP contribution in [-0.2, 0) is 0 Å². The number of oxazole rings is 1. The Balaban J connectivity index is 2.63. The first-order valence-electron chi connectivity index (χ1n) is 5.50. The first-order valence-corrected chi connectivity index (χ1v) is 5.50. The normalized spacial score (nSPS) is 10.8. The van der Waals surface area contributed by atoms with E-state index in [2.05, 4.69) is 4.98 Å². The third-order valence-electron chi connectivity index (χ3n) is 2.58. The third-order valence-corrected chi connectivity index (χ3v) is 2.58. The van der Waals surface area contributed by atoms with Gasteiger partial charge in [0.1, 0.15) is 11.5 Å². The molecule has 0 aliphatic heterocycles. The average molecular weight is 233 g/mol. The van der Waals surface area contributed by atoms with Crippen LogP contribution >= 0.6 is 0 Å². The molecule has 17 heavy (non-hydrogen) atoms. The van der Waals surface area contributed by atoms with Crippen LogP contribution in [0.4, 0.5) is 0 Å². The summed E-state index contributed by atoms with van der Waals surface area (Å²) in [5, 5.41) is 0. The Morgan fingerprint density at radius 3 is 2.65 bits per heavy atom. The number of aromatic nitrogens is 1. The second-order valence-electron chi connectivity index (χ2n) is 4.11. The van der Waals surface area contributed by atoms with Crippen LogP contribution in [0.2, 0.25) is 0 Å². The molecule has 1 aromatic heterocycles. The fraction of sp³-hybridized carbons (Fsp3) is 0.308. The van der Waals surface area contributed by atoms with E-state index in [0.717, 1.165) is 5.56 Å². The van der Waals surface area contributed by atoms with Gasteiger partial charge in [0.05, 0.1) is 12.8 Å². The van der Waals surface area contributed by atoms with Crippen molar-refractivity contribution in [3.05, 3.63) is 40.6 Å². The molecule has 4 nitrogen and oxygen atoms in total. The summed E-state index contributed by atoms with van der Waals surface area (Å²) in [6.45, 7) is 3.95. The lowest BCUT2D eigenvalue weighted by Gasteiger charge is -2.08. The minimum Gasteiger partial charge on any atom is -0.496 e. The van der Waals surface area contributed by atoms with Gasteiger partial charge in [0.15, 0.2) is 0 Å². The molecule has 0 radical (unpaired) electrons. The molecule has 0 atom stereocenters. The van der Waals surface area contributed by atoms with Crippen molar-refractivity contribution < 1.29 is 9.15 Å². The predicted octanol–water partition coefficient (Wildman–Crippen LogP) is 2.77. The van der Waals surface area contributed by atoms with Crippen molar-refractivity contribution in [3.8, 4) is 17.0 Å². The van der Waals surface area contributed by atoms with Gasteiger partial charge in [-0.3, -0.25) is 4.98 Å². The van der Waals surface area contributed by atoms with E-state index in [1.54, 1.807) is 7.11 Å². The zero-order valence-electron chi connectivity index (χ0n) is 10.1. The van der Waals surface area contributed by atoms with Gasteiger partial charge in [-0.1, -0.05) is 26.0 Å². The molecule has 1 heterocycles. The van der Waals surface area contributed by atoms with Crippen molar-refractivity contribution in [2.45, 2.75) is 19.8 Å². The van der Waals surface area contributed by atoms with Crippen LogP contribution in [0.5, 0.6) is 5.75 Å². The van der Waals surface area contributed by atoms with Crippen LogP contribution in [-0.4, -0.2) is 12.1 Å². The highest BCUT2D eigenvalue weighted by molar-refractivity contribution is 5.68. The fourth-order valence-electron chi connectivity index (χ4n) is 1.80. The van der Waals surface area contributed by atoms with E-state index in [-0.39, 0.29) is 5.92 Å². The van der Waals surface area contributed by atoms with Crippen molar-refractivity contribution in [1.29, 1.82) is 0 Å². The van der Waals surface area contributed by atoms with Crippen LogP contribution in [0.15, 0.2) is 33.5 Å². The lowest BCUT2D eigenvalue weighted by atomic mass is 10.0. The van der Waals surface area contributed by atoms with E-state index in [4.69, 9.17) is 9.15 Å². The van der Waals surface area contributed by atoms with Gasteiger partial charge in [0, 0.05) is 11.5 Å². The van der Waals surface area contributed by atoms with Crippen molar-refractivity contribution in [2.75, 3.05) is 7.11 Å². The lowest BCUT2D eigenvalue weighted by Crippen LogP contribution is -1.95. The Kier molecular flexibility index (Phi) is 3.04. The van der Waals surface area contributed by atoms with E-state index in [9.17, 15) is 4.79 Å². The quantitative estimate of drug-likeness (QED) is 0.886. The molecule has 0 saturated carbocycles. The summed E-state index contributed by atoms with van der Waals surface area (Å²) in [6.07, 6.45) is 0. The summed E-state index contributed by atoms with van der Waals surface area (Å²) in [7, 11) is 1.60. The largest absolute Gasteiger partial charge is 0.496 e. The minimum atomic E-state index is -0.436. The summed E-state index contributed by atoms with van der Waals surface area (Å²) in [4.78, 5) is 14.0. The number of hydrogen-bond donors (Lipinski definition) is 1. The maximum Gasteiger partial charge on any atom is 0.416 e. The topological polar surface area (TPSA) is 55.2 Å². The van der Waals surface area contributed by atoms with Crippen LogP contribution in [0, 0.1) is 0 Å². The van der Waals surface area contributed by atoms with Gasteiger partial charge in [-0.05, 0) is 12.1 Å². The smallest absolute Gasteiger partial charge is 0.416 e. The molecule has 0 aliphatic carbocycles. The van der Waals surface area contributed by atoms with Crippen LogP contribution in [0.1, 0.15) is 25.5 Å². The average Bonchev–Trinajstić information content (AvgIpc) is 2.71. The molecular formula is C13H15NO3. The van der Waals surface area contributed by atoms with E-state index in [1.165, 1.54) is 0 Å². The summed E-state index contributed by atoms with van der Waals surface area (Å²) in [6, 6.07) is 7.53. The molecule has 0 unspecified atom stereocenters. The Labute approximate surface area is 99.2 Å². The van der Waals surface area contributed by atoms with Gasteiger partial charge in [0.2, 0.25) is 0 Å². The number of hydrogen-bond acceptors (Lipinski definition) is 3. The Morgan fingerprint density at radius 1 is 1.29 bits per heavy atom. The molecule has 1 N–H and O–H groups in total. The van der Waals surface area contributed by atoms with E-state index in [0.29, 0.717) is 17.2 Å². The first kappa shape index (κ1) is 11.5. The summed E-state index contributed by atoms with van der Waals surface area (Å²) in [5.74, 6) is 1.06. The monoisotopic (exact) mass is 233 g/mol. The van der Waals surface area contributed by atoms with Crippen LogP contribution < -0.4 is 10.5 Å². The Morgan fingerprint density at radius 2 is 2.00 bits per heavy atom. The maximum absolute atomic E-state index is 11.3. The van der Waals surface area contributed by atoms with Gasteiger partial charge in [-0.15, -0.1) is 0 Å². The molecule has 0 fully saturated rings. The number of H-pyrrole nitrogens is 1. The van der Waals surface area contributed by atoms with Crippen LogP contribution in [0.25, 0.3) is 11.3 Å². The number of rotatable bonds is 3. The predicted molar refractivity (Wildman–Crippen MR) is 65.4 cm³/mol. The molecule has 2 rings (SSSR count). The molecule has 0 aliphatic rings. The van der Waals surface area contributed by atoms with Gasteiger partial charge in [0.25, 0.3) is 0 Å². The van der Waals surface area contributed by atoms with Crippen molar-refractivity contribution in [3.63, 3.8) is 0 Å². The summed E-state index contributed by atoms with van der Waals surface area (Å²) in [5.41, 5.74) is 1.53. The maximum atomic E-state index is 11.3. The van der Waals surface area contributed by atoms with Gasteiger partial charge in [-0.25, -0.2) is 4.79 Å². The van der Waals surface area contributed by atoms with Gasteiger partial charge >= 0.3 is 5.76 Å². The number of aromatic amines is 1. The molecule has 2 aromatic rings. The molecule has 0 spiro atoms. The highest BCUT2D eigenvalue weighted by Crippen LogP contribution is 2.32. The molecule has 90 valence electrons. The summed E-state index contributed by atoms with van der Waals surface area (Å²) >= 11 is 0. The second kappa shape index (κ2) is 4.49. The number of methoxy groups -OCH3 is 1. The first-order chi connectivity index (χ1) is 8.13. The Bertz CT molecular complexity index is 566. The van der Waals surface area contributed by atoms with Crippen molar-refractivity contribution >= 4 is 0 Å². The van der Waals surface area contributed by atoms with Gasteiger partial charge in [-0.2, -0.15) is 0 Å². The highest BCUT2D eigenvalue weighted by atomic mass is 16.5. The highest BCUT2D eigenvalue weighted by Gasteiger charge is 2.17. The summed E-state index contributed by atoms with van der Waals surface area (Å²) < 4.78 is 10.4.